The number of aromatic nitrogens is 1. The zero-order valence-corrected chi connectivity index (χ0v) is 19.0. The lowest BCUT2D eigenvalue weighted by Crippen LogP contribution is -2.36. The topological polar surface area (TPSA) is 40.2 Å². The van der Waals surface area contributed by atoms with Crippen molar-refractivity contribution in [1.82, 2.24) is 10.3 Å². The monoisotopic (exact) mass is 420 g/mol. The minimum Gasteiger partial charge on any atom is -0.377 e. The van der Waals surface area contributed by atoms with E-state index in [0.29, 0.717) is 12.1 Å². The van der Waals surface area contributed by atoms with E-state index >= 15 is 0 Å². The molecule has 30 heavy (non-hydrogen) atoms. The predicted octanol–water partition coefficient (Wildman–Crippen LogP) is 5.54. The number of pyridine rings is 1. The molecule has 0 spiro atoms. The molecule has 0 atom stereocenters. The van der Waals surface area contributed by atoms with Crippen molar-refractivity contribution in [2.24, 2.45) is 0 Å². The number of nitrogens with one attached hydrogen (secondary N) is 2. The van der Waals surface area contributed by atoms with Crippen LogP contribution in [-0.4, -0.2) is 37.4 Å². The van der Waals surface area contributed by atoms with Gasteiger partial charge in [0, 0.05) is 54.8 Å². The van der Waals surface area contributed by atoms with Gasteiger partial charge in [0.15, 0.2) is 0 Å². The number of rotatable bonds is 7. The van der Waals surface area contributed by atoms with Gasteiger partial charge in [0.05, 0.1) is 5.52 Å². The highest BCUT2D eigenvalue weighted by Crippen LogP contribution is 2.29. The van der Waals surface area contributed by atoms with Gasteiger partial charge in [-0.15, -0.1) is 11.8 Å². The van der Waals surface area contributed by atoms with Crippen molar-refractivity contribution in [2.45, 2.75) is 49.2 Å². The van der Waals surface area contributed by atoms with Gasteiger partial charge in [-0.25, -0.2) is 4.98 Å². The lowest BCUT2D eigenvalue weighted by molar-refractivity contribution is 0.352. The lowest BCUT2D eigenvalue weighted by atomic mass is 9.91. The third-order valence-corrected chi connectivity index (χ3v) is 6.75. The van der Waals surface area contributed by atoms with Crippen molar-refractivity contribution < 1.29 is 0 Å². The van der Waals surface area contributed by atoms with Gasteiger partial charge in [-0.1, -0.05) is 30.3 Å². The third-order valence-electron chi connectivity index (χ3n) is 6.01. The summed E-state index contributed by atoms with van der Waals surface area (Å²) in [5.74, 6) is 0.989. The number of nitrogens with zero attached hydrogens (tertiary/aromatic N) is 2. The maximum absolute atomic E-state index is 4.87. The van der Waals surface area contributed by atoms with Gasteiger partial charge in [-0.2, -0.15) is 0 Å². The molecule has 0 amide bonds. The van der Waals surface area contributed by atoms with Crippen molar-refractivity contribution in [3.63, 3.8) is 0 Å². The second-order valence-corrected chi connectivity index (χ2v) is 9.24. The van der Waals surface area contributed by atoms with E-state index in [0.717, 1.165) is 17.9 Å². The van der Waals surface area contributed by atoms with Crippen LogP contribution in [0.1, 0.15) is 31.2 Å². The van der Waals surface area contributed by atoms with Gasteiger partial charge in [-0.3, -0.25) is 0 Å². The van der Waals surface area contributed by atoms with E-state index in [1.54, 1.807) is 11.8 Å². The summed E-state index contributed by atoms with van der Waals surface area (Å²) in [6.45, 7) is 0.954. The summed E-state index contributed by atoms with van der Waals surface area (Å²) in [7, 11) is 4.19. The molecule has 5 heteroatoms. The maximum atomic E-state index is 4.87. The summed E-state index contributed by atoms with van der Waals surface area (Å²) >= 11 is 1.79. The average molecular weight is 421 g/mol. The van der Waals surface area contributed by atoms with Crippen molar-refractivity contribution >= 4 is 34.2 Å². The van der Waals surface area contributed by atoms with Crippen molar-refractivity contribution in [3.8, 4) is 0 Å². The molecule has 0 saturated heterocycles. The molecule has 3 aromatic rings. The van der Waals surface area contributed by atoms with Crippen LogP contribution < -0.4 is 15.5 Å². The molecule has 1 heterocycles. The highest BCUT2D eigenvalue weighted by atomic mass is 32.2. The van der Waals surface area contributed by atoms with E-state index in [1.807, 2.05) is 0 Å². The molecule has 1 aliphatic rings. The normalized spacial score (nSPS) is 19.0. The van der Waals surface area contributed by atoms with Crippen LogP contribution in [0.5, 0.6) is 0 Å². The Hall–Kier alpha value is -2.24. The Labute approximate surface area is 184 Å². The van der Waals surface area contributed by atoms with Gasteiger partial charge in [0.1, 0.15) is 5.82 Å². The van der Waals surface area contributed by atoms with Gasteiger partial charge >= 0.3 is 0 Å². The minimum atomic E-state index is 0.493. The number of para-hydroxylation sites is 1. The Morgan fingerprint density at radius 2 is 1.67 bits per heavy atom. The molecule has 0 unspecified atom stereocenters. The number of anilines is 2. The summed E-state index contributed by atoms with van der Waals surface area (Å²) in [5.41, 5.74) is 3.63. The van der Waals surface area contributed by atoms with Crippen LogP contribution >= 0.6 is 11.8 Å². The molecule has 1 saturated carbocycles. The smallest absolute Gasteiger partial charge is 0.128 e. The number of benzene rings is 2. The fourth-order valence-electron chi connectivity index (χ4n) is 4.26. The Morgan fingerprint density at radius 1 is 0.967 bits per heavy atom. The van der Waals surface area contributed by atoms with Crippen molar-refractivity contribution in [2.75, 3.05) is 30.6 Å². The van der Waals surface area contributed by atoms with Gasteiger partial charge < -0.3 is 15.5 Å². The highest BCUT2D eigenvalue weighted by Gasteiger charge is 2.21. The SMILES string of the molecule is CSc1ccc(CN[C@H]2CC[C@@H](Nc3cc(N(C)C)c4ccccc4n3)CC2)cc1. The molecular formula is C25H32N4S. The highest BCUT2D eigenvalue weighted by molar-refractivity contribution is 7.98. The van der Waals surface area contributed by atoms with Crippen LogP contribution in [0, 0.1) is 0 Å². The summed E-state index contributed by atoms with van der Waals surface area (Å²) in [6.07, 6.45) is 6.88. The first kappa shape index (κ1) is 21.0. The molecular weight excluding hydrogens is 388 g/mol. The summed E-state index contributed by atoms with van der Waals surface area (Å²) < 4.78 is 0. The fraction of sp³-hybridized carbons (Fsp3) is 0.400. The molecule has 0 radical (unpaired) electrons. The van der Waals surface area contributed by atoms with Gasteiger partial charge in [-0.05, 0) is 55.7 Å². The molecule has 1 aliphatic carbocycles. The maximum Gasteiger partial charge on any atom is 0.128 e. The zero-order valence-electron chi connectivity index (χ0n) is 18.2. The van der Waals surface area contributed by atoms with Crippen LogP contribution in [0.3, 0.4) is 0 Å². The van der Waals surface area contributed by atoms with Crippen LogP contribution in [0.15, 0.2) is 59.5 Å². The Kier molecular flexibility index (Phi) is 6.80. The molecule has 4 rings (SSSR count). The van der Waals surface area contributed by atoms with E-state index < -0.39 is 0 Å². The number of thioether (sulfide) groups is 1. The molecule has 4 nitrogen and oxygen atoms in total. The summed E-state index contributed by atoms with van der Waals surface area (Å²) in [5, 5.41) is 8.66. The first-order chi connectivity index (χ1) is 14.6. The molecule has 0 bridgehead atoms. The van der Waals surface area contributed by atoms with E-state index in [2.05, 4.69) is 90.5 Å². The first-order valence-corrected chi connectivity index (χ1v) is 12.0. The molecule has 2 N–H and O–H groups in total. The number of fused-ring (bicyclic) bond motifs is 1. The second-order valence-electron chi connectivity index (χ2n) is 8.36. The molecule has 0 aliphatic heterocycles. The standard InChI is InChI=1S/C25H32N4S/c1-29(2)24-16-25(28-23-7-5-4-6-22(23)24)27-20-12-10-19(11-13-20)26-17-18-8-14-21(30-3)15-9-18/h4-9,14-16,19-20,26H,10-13,17H2,1-3H3,(H,27,28)/t19-,20+. The Balaban J connectivity index is 1.32. The fourth-order valence-corrected chi connectivity index (χ4v) is 4.67. The second kappa shape index (κ2) is 9.71. The third kappa shape index (κ3) is 5.08. The lowest BCUT2D eigenvalue weighted by Gasteiger charge is -2.30. The van der Waals surface area contributed by atoms with Gasteiger partial charge in [0.2, 0.25) is 0 Å². The minimum absolute atomic E-state index is 0.493. The quantitative estimate of drug-likeness (QED) is 0.492. The Bertz CT molecular complexity index is 963. The van der Waals surface area contributed by atoms with E-state index in [-0.39, 0.29) is 0 Å². The predicted molar refractivity (Wildman–Crippen MR) is 131 cm³/mol. The van der Waals surface area contributed by atoms with Crippen molar-refractivity contribution in [1.29, 1.82) is 0 Å². The Morgan fingerprint density at radius 3 is 2.37 bits per heavy atom. The van der Waals surface area contributed by atoms with E-state index in [4.69, 9.17) is 4.98 Å². The zero-order chi connectivity index (χ0) is 20.9. The van der Waals surface area contributed by atoms with E-state index in [1.165, 1.54) is 47.2 Å². The number of hydrogen-bond donors (Lipinski definition) is 2. The largest absolute Gasteiger partial charge is 0.377 e. The summed E-state index contributed by atoms with van der Waals surface area (Å²) in [4.78, 5) is 8.36. The van der Waals surface area contributed by atoms with Crippen LogP contribution in [-0.2, 0) is 6.54 Å². The van der Waals surface area contributed by atoms with Crippen LogP contribution in [0.4, 0.5) is 11.5 Å². The van der Waals surface area contributed by atoms with Crippen LogP contribution in [0.25, 0.3) is 10.9 Å². The molecule has 158 valence electrons. The number of hydrogen-bond acceptors (Lipinski definition) is 5. The van der Waals surface area contributed by atoms with E-state index in [9.17, 15) is 0 Å². The van der Waals surface area contributed by atoms with Gasteiger partial charge in [0.25, 0.3) is 0 Å². The molecule has 1 fully saturated rings. The molecule has 1 aromatic heterocycles. The molecule has 2 aromatic carbocycles. The summed E-state index contributed by atoms with van der Waals surface area (Å²) in [6, 6.07) is 20.6. The van der Waals surface area contributed by atoms with Crippen LogP contribution in [0.2, 0.25) is 0 Å². The first-order valence-electron chi connectivity index (χ1n) is 10.8. The average Bonchev–Trinajstić information content (AvgIpc) is 2.78. The van der Waals surface area contributed by atoms with Crippen molar-refractivity contribution in [3.05, 3.63) is 60.2 Å².